The number of hydrogen-bond acceptors (Lipinski definition) is 3. The molecule has 5 heteroatoms. The second kappa shape index (κ2) is 5.99. The summed E-state index contributed by atoms with van der Waals surface area (Å²) >= 11 is 0. The number of aryl methyl sites for hydroxylation is 2. The zero-order valence-corrected chi connectivity index (χ0v) is 13.5. The number of likely N-dealkylation sites (tertiary alicyclic amines) is 1. The van der Waals surface area contributed by atoms with Gasteiger partial charge in [-0.05, 0) is 50.3 Å². The van der Waals surface area contributed by atoms with Crippen LogP contribution in [0.4, 0.5) is 4.79 Å². The molecule has 0 bridgehead atoms. The number of rotatable bonds is 2. The molecule has 0 unspecified atom stereocenters. The minimum atomic E-state index is -0.222. The zero-order chi connectivity index (χ0) is 15.7. The van der Waals surface area contributed by atoms with Crippen molar-refractivity contribution >= 4 is 11.7 Å². The van der Waals surface area contributed by atoms with E-state index < -0.39 is 0 Å². The number of aromatic nitrogens is 2. The molecule has 1 aliphatic heterocycles. The predicted molar refractivity (Wildman–Crippen MR) is 85.1 cm³/mol. The van der Waals surface area contributed by atoms with E-state index in [2.05, 4.69) is 30.5 Å². The van der Waals surface area contributed by atoms with E-state index in [1.54, 1.807) is 0 Å². The Balaban J connectivity index is 1.85. The molecule has 3 heterocycles. The lowest BCUT2D eigenvalue weighted by Crippen LogP contribution is -2.44. The molecule has 0 spiro atoms. The number of hydrogen-bond donors (Lipinski definition) is 0. The zero-order valence-electron chi connectivity index (χ0n) is 13.5. The van der Waals surface area contributed by atoms with Crippen LogP contribution in [0.3, 0.4) is 0 Å². The van der Waals surface area contributed by atoms with Crippen LogP contribution in [0.5, 0.6) is 0 Å². The lowest BCUT2D eigenvalue weighted by Gasteiger charge is -2.34. The third kappa shape index (κ3) is 2.67. The predicted octanol–water partition coefficient (Wildman–Crippen LogP) is 3.11. The van der Waals surface area contributed by atoms with Crippen LogP contribution >= 0.6 is 0 Å². The van der Waals surface area contributed by atoms with Crippen LogP contribution in [0.15, 0.2) is 18.5 Å². The van der Waals surface area contributed by atoms with Crippen LogP contribution in [0.2, 0.25) is 0 Å². The Kier molecular flexibility index (Phi) is 4.05. The summed E-state index contributed by atoms with van der Waals surface area (Å²) in [5.41, 5.74) is 4.51. The molecule has 1 saturated heterocycles. The minimum absolute atomic E-state index is 0.188. The van der Waals surface area contributed by atoms with Crippen molar-refractivity contribution in [3.63, 3.8) is 0 Å². The van der Waals surface area contributed by atoms with E-state index in [-0.39, 0.29) is 12.1 Å². The lowest BCUT2D eigenvalue weighted by molar-refractivity contribution is 0.0893. The van der Waals surface area contributed by atoms with Crippen molar-refractivity contribution in [3.05, 3.63) is 35.3 Å². The van der Waals surface area contributed by atoms with E-state index in [9.17, 15) is 4.79 Å². The first-order valence-electron chi connectivity index (χ1n) is 7.88. The fourth-order valence-electron chi connectivity index (χ4n) is 3.24. The molecule has 5 nitrogen and oxygen atoms in total. The van der Waals surface area contributed by atoms with Crippen LogP contribution in [0.25, 0.3) is 5.65 Å². The van der Waals surface area contributed by atoms with Crippen LogP contribution in [0.1, 0.15) is 36.1 Å². The van der Waals surface area contributed by atoms with Crippen molar-refractivity contribution in [1.29, 1.82) is 0 Å². The minimum Gasteiger partial charge on any atom is -0.453 e. The van der Waals surface area contributed by atoms with Crippen molar-refractivity contribution < 1.29 is 9.53 Å². The molecule has 1 amide bonds. The van der Waals surface area contributed by atoms with Gasteiger partial charge < -0.3 is 14.0 Å². The summed E-state index contributed by atoms with van der Waals surface area (Å²) in [5.74, 6) is 0. The second-order valence-corrected chi connectivity index (χ2v) is 6.10. The quantitative estimate of drug-likeness (QED) is 0.856. The average Bonchev–Trinajstić information content (AvgIpc) is 2.94. The number of fused-ring (bicyclic) bond motifs is 1. The number of piperidine rings is 1. The summed E-state index contributed by atoms with van der Waals surface area (Å²) < 4.78 is 6.99. The van der Waals surface area contributed by atoms with E-state index >= 15 is 0 Å². The standard InChI is InChI=1S/C17H23N3O2/c1-12-7-9-19-11-14(18-16(19)13(12)2)10-15-6-4-5-8-20(15)17(21)22-3/h7,9,11,15H,4-6,8,10H2,1-3H3/t15-/m0/s1. The highest BCUT2D eigenvalue weighted by Gasteiger charge is 2.28. The summed E-state index contributed by atoms with van der Waals surface area (Å²) in [6.45, 7) is 4.98. The van der Waals surface area contributed by atoms with Gasteiger partial charge in [0, 0.05) is 31.4 Å². The van der Waals surface area contributed by atoms with Crippen molar-refractivity contribution in [2.24, 2.45) is 0 Å². The van der Waals surface area contributed by atoms with Gasteiger partial charge in [0.15, 0.2) is 0 Å². The van der Waals surface area contributed by atoms with Crippen LogP contribution in [-0.2, 0) is 11.2 Å². The molecule has 2 aromatic rings. The highest BCUT2D eigenvalue weighted by atomic mass is 16.5. The first kappa shape index (κ1) is 14.9. The van der Waals surface area contributed by atoms with E-state index in [1.165, 1.54) is 18.2 Å². The summed E-state index contributed by atoms with van der Waals surface area (Å²) in [5, 5.41) is 0. The number of carbonyl (C=O) groups excluding carboxylic acids is 1. The number of carbonyl (C=O) groups is 1. The molecular weight excluding hydrogens is 278 g/mol. The Labute approximate surface area is 130 Å². The van der Waals surface area contributed by atoms with Crippen molar-refractivity contribution in [2.45, 2.75) is 45.6 Å². The largest absolute Gasteiger partial charge is 0.453 e. The Hall–Kier alpha value is -2.04. The molecule has 118 valence electrons. The number of methoxy groups -OCH3 is 1. The van der Waals surface area contributed by atoms with E-state index in [0.29, 0.717) is 0 Å². The van der Waals surface area contributed by atoms with Gasteiger partial charge in [-0.2, -0.15) is 0 Å². The Morgan fingerprint density at radius 3 is 3.00 bits per heavy atom. The lowest BCUT2D eigenvalue weighted by atomic mass is 9.99. The average molecular weight is 301 g/mol. The van der Waals surface area contributed by atoms with Crippen LogP contribution in [0, 0.1) is 13.8 Å². The molecule has 3 rings (SSSR count). The third-order valence-electron chi connectivity index (χ3n) is 4.68. The van der Waals surface area contributed by atoms with E-state index in [4.69, 9.17) is 9.72 Å². The maximum absolute atomic E-state index is 11.9. The summed E-state index contributed by atoms with van der Waals surface area (Å²) in [7, 11) is 1.45. The molecule has 0 aliphatic carbocycles. The Morgan fingerprint density at radius 1 is 1.41 bits per heavy atom. The van der Waals surface area contributed by atoms with Gasteiger partial charge in [-0.3, -0.25) is 0 Å². The Bertz CT molecular complexity index is 693. The van der Waals surface area contributed by atoms with E-state index in [1.807, 2.05) is 11.1 Å². The summed E-state index contributed by atoms with van der Waals surface area (Å²) in [6.07, 6.45) is 7.91. The summed E-state index contributed by atoms with van der Waals surface area (Å²) in [6, 6.07) is 2.29. The highest BCUT2D eigenvalue weighted by Crippen LogP contribution is 2.22. The fraction of sp³-hybridized carbons (Fsp3) is 0.529. The monoisotopic (exact) mass is 301 g/mol. The smallest absolute Gasteiger partial charge is 0.409 e. The summed E-state index contributed by atoms with van der Waals surface area (Å²) in [4.78, 5) is 18.5. The molecule has 22 heavy (non-hydrogen) atoms. The molecule has 0 N–H and O–H groups in total. The van der Waals surface area contributed by atoms with Gasteiger partial charge in [0.05, 0.1) is 12.8 Å². The molecule has 1 aliphatic rings. The number of ether oxygens (including phenoxy) is 1. The van der Waals surface area contributed by atoms with Gasteiger partial charge in [-0.1, -0.05) is 0 Å². The first-order chi connectivity index (χ1) is 10.6. The molecule has 0 radical (unpaired) electrons. The molecule has 1 atom stereocenters. The topological polar surface area (TPSA) is 46.8 Å². The first-order valence-corrected chi connectivity index (χ1v) is 7.88. The fourth-order valence-corrected chi connectivity index (χ4v) is 3.24. The third-order valence-corrected chi connectivity index (χ3v) is 4.68. The second-order valence-electron chi connectivity index (χ2n) is 6.10. The van der Waals surface area contributed by atoms with Gasteiger partial charge in [0.25, 0.3) is 0 Å². The molecular formula is C17H23N3O2. The van der Waals surface area contributed by atoms with Gasteiger partial charge in [-0.15, -0.1) is 0 Å². The number of amides is 1. The van der Waals surface area contributed by atoms with Gasteiger partial charge >= 0.3 is 6.09 Å². The maximum Gasteiger partial charge on any atom is 0.409 e. The van der Waals surface area contributed by atoms with Gasteiger partial charge in [-0.25, -0.2) is 9.78 Å². The maximum atomic E-state index is 11.9. The molecule has 2 aromatic heterocycles. The van der Waals surface area contributed by atoms with Crippen LogP contribution in [-0.4, -0.2) is 40.1 Å². The number of nitrogens with zero attached hydrogens (tertiary/aromatic N) is 3. The molecule has 1 fully saturated rings. The van der Waals surface area contributed by atoms with Crippen LogP contribution < -0.4 is 0 Å². The molecule has 0 saturated carbocycles. The number of imidazole rings is 1. The normalized spacial score (nSPS) is 18.7. The van der Waals surface area contributed by atoms with Gasteiger partial charge in [0.2, 0.25) is 0 Å². The van der Waals surface area contributed by atoms with E-state index in [0.717, 1.165) is 43.6 Å². The van der Waals surface area contributed by atoms with Crippen molar-refractivity contribution in [3.8, 4) is 0 Å². The highest BCUT2D eigenvalue weighted by molar-refractivity contribution is 5.68. The molecule has 0 aromatic carbocycles. The van der Waals surface area contributed by atoms with Crippen molar-refractivity contribution in [1.82, 2.24) is 14.3 Å². The van der Waals surface area contributed by atoms with Crippen molar-refractivity contribution in [2.75, 3.05) is 13.7 Å². The SMILES string of the molecule is COC(=O)N1CCCC[C@H]1Cc1cn2ccc(C)c(C)c2n1. The Morgan fingerprint density at radius 2 is 2.23 bits per heavy atom. The van der Waals surface area contributed by atoms with Gasteiger partial charge in [0.1, 0.15) is 5.65 Å². The number of pyridine rings is 1.